The Morgan fingerprint density at radius 1 is 1.27 bits per heavy atom. The van der Waals surface area contributed by atoms with Crippen molar-refractivity contribution < 1.29 is 9.47 Å². The molecule has 15 heavy (non-hydrogen) atoms. The Hall–Kier alpha value is -1.22. The summed E-state index contributed by atoms with van der Waals surface area (Å²) in [7, 11) is 1.65. The van der Waals surface area contributed by atoms with Gasteiger partial charge in [0.05, 0.1) is 7.11 Å². The third kappa shape index (κ3) is 3.80. The summed E-state index contributed by atoms with van der Waals surface area (Å²) < 4.78 is 10.8. The van der Waals surface area contributed by atoms with Gasteiger partial charge in [-0.1, -0.05) is 19.1 Å². The summed E-state index contributed by atoms with van der Waals surface area (Å²) in [6.45, 7) is 5.78. The number of nitrogens with one attached hydrogen (secondary N) is 1. The molecule has 0 heterocycles. The van der Waals surface area contributed by atoms with E-state index in [9.17, 15) is 0 Å². The highest BCUT2D eigenvalue weighted by molar-refractivity contribution is 5.39. The molecule has 1 rings (SSSR count). The van der Waals surface area contributed by atoms with Gasteiger partial charge >= 0.3 is 0 Å². The van der Waals surface area contributed by atoms with E-state index in [-0.39, 0.29) is 0 Å². The Balaban J connectivity index is 2.49. The van der Waals surface area contributed by atoms with Crippen molar-refractivity contribution in [2.24, 2.45) is 0 Å². The molecule has 0 aliphatic rings. The van der Waals surface area contributed by atoms with Crippen LogP contribution < -0.4 is 14.8 Å². The van der Waals surface area contributed by atoms with Gasteiger partial charge in [-0.25, -0.2) is 0 Å². The third-order valence-electron chi connectivity index (χ3n) is 2.11. The number of methoxy groups -OCH3 is 1. The molecule has 1 aromatic rings. The summed E-state index contributed by atoms with van der Waals surface area (Å²) in [6, 6.07) is 8.03. The zero-order valence-corrected chi connectivity index (χ0v) is 9.62. The Bertz CT molecular complexity index is 289. The van der Waals surface area contributed by atoms with Crippen LogP contribution in [0.4, 0.5) is 0 Å². The molecule has 1 atom stereocenters. The number of hydrogen-bond donors (Lipinski definition) is 1. The average molecular weight is 209 g/mol. The molecule has 0 aromatic heterocycles. The van der Waals surface area contributed by atoms with Crippen LogP contribution in [-0.4, -0.2) is 26.3 Å². The Kier molecular flexibility index (Phi) is 4.98. The van der Waals surface area contributed by atoms with Crippen molar-refractivity contribution in [1.82, 2.24) is 5.32 Å². The monoisotopic (exact) mass is 209 g/mol. The zero-order valence-electron chi connectivity index (χ0n) is 9.62. The molecule has 0 bridgehead atoms. The predicted octanol–water partition coefficient (Wildman–Crippen LogP) is 2.07. The average Bonchev–Trinajstić information content (AvgIpc) is 2.27. The van der Waals surface area contributed by atoms with Crippen molar-refractivity contribution in [3.05, 3.63) is 24.3 Å². The molecule has 3 nitrogen and oxygen atoms in total. The lowest BCUT2D eigenvalue weighted by Gasteiger charge is -2.15. The molecule has 1 unspecified atom stereocenters. The second-order valence-corrected chi connectivity index (χ2v) is 3.42. The minimum Gasteiger partial charge on any atom is -0.493 e. The fourth-order valence-electron chi connectivity index (χ4n) is 1.36. The standard InChI is InChI=1S/C12H19NO2/c1-4-13-10(2)9-15-12-8-6-5-7-11(12)14-3/h5-8,10,13H,4,9H2,1-3H3. The van der Waals surface area contributed by atoms with E-state index >= 15 is 0 Å². The molecule has 84 valence electrons. The molecule has 3 heteroatoms. The predicted molar refractivity (Wildman–Crippen MR) is 61.6 cm³/mol. The molecule has 1 N–H and O–H groups in total. The van der Waals surface area contributed by atoms with Crippen LogP contribution in [0.15, 0.2) is 24.3 Å². The van der Waals surface area contributed by atoms with Crippen LogP contribution in [-0.2, 0) is 0 Å². The first kappa shape index (κ1) is 11.9. The first-order valence-corrected chi connectivity index (χ1v) is 5.27. The molecular formula is C12H19NO2. The van der Waals surface area contributed by atoms with E-state index < -0.39 is 0 Å². The summed E-state index contributed by atoms with van der Waals surface area (Å²) in [5, 5.41) is 3.29. The van der Waals surface area contributed by atoms with Crippen molar-refractivity contribution in [2.45, 2.75) is 19.9 Å². The Morgan fingerprint density at radius 2 is 1.93 bits per heavy atom. The van der Waals surface area contributed by atoms with Crippen LogP contribution in [0, 0.1) is 0 Å². The molecular weight excluding hydrogens is 190 g/mol. The van der Waals surface area contributed by atoms with Crippen molar-refractivity contribution >= 4 is 0 Å². The molecule has 0 saturated heterocycles. The second kappa shape index (κ2) is 6.30. The van der Waals surface area contributed by atoms with Crippen LogP contribution in [0.25, 0.3) is 0 Å². The van der Waals surface area contributed by atoms with E-state index in [4.69, 9.17) is 9.47 Å². The van der Waals surface area contributed by atoms with Gasteiger partial charge < -0.3 is 14.8 Å². The van der Waals surface area contributed by atoms with Crippen molar-refractivity contribution in [2.75, 3.05) is 20.3 Å². The van der Waals surface area contributed by atoms with Crippen molar-refractivity contribution in [1.29, 1.82) is 0 Å². The zero-order chi connectivity index (χ0) is 11.1. The van der Waals surface area contributed by atoms with Crippen LogP contribution >= 0.6 is 0 Å². The molecule has 0 radical (unpaired) electrons. The Morgan fingerprint density at radius 3 is 2.53 bits per heavy atom. The molecule has 1 aromatic carbocycles. The van der Waals surface area contributed by atoms with Gasteiger partial charge in [0.1, 0.15) is 6.61 Å². The van der Waals surface area contributed by atoms with Gasteiger partial charge in [0.25, 0.3) is 0 Å². The van der Waals surface area contributed by atoms with Crippen LogP contribution in [0.2, 0.25) is 0 Å². The third-order valence-corrected chi connectivity index (χ3v) is 2.11. The van der Waals surface area contributed by atoms with E-state index in [2.05, 4.69) is 19.2 Å². The van der Waals surface area contributed by atoms with Gasteiger partial charge in [-0.2, -0.15) is 0 Å². The molecule has 0 aliphatic carbocycles. The normalized spacial score (nSPS) is 12.2. The highest BCUT2D eigenvalue weighted by Crippen LogP contribution is 2.25. The summed E-state index contributed by atoms with van der Waals surface area (Å²) in [5.41, 5.74) is 0. The van der Waals surface area contributed by atoms with Crippen molar-refractivity contribution in [3.8, 4) is 11.5 Å². The maximum atomic E-state index is 5.65. The number of benzene rings is 1. The largest absolute Gasteiger partial charge is 0.493 e. The lowest BCUT2D eigenvalue weighted by molar-refractivity contribution is 0.261. The quantitative estimate of drug-likeness (QED) is 0.778. The fourth-order valence-corrected chi connectivity index (χ4v) is 1.36. The molecule has 0 amide bonds. The molecule has 0 aliphatic heterocycles. The number of likely N-dealkylation sites (N-methyl/N-ethyl adjacent to an activating group) is 1. The number of para-hydroxylation sites is 2. The van der Waals surface area contributed by atoms with Gasteiger partial charge in [0.15, 0.2) is 11.5 Å². The van der Waals surface area contributed by atoms with Gasteiger partial charge in [-0.05, 0) is 25.6 Å². The van der Waals surface area contributed by atoms with E-state index in [1.54, 1.807) is 7.11 Å². The van der Waals surface area contributed by atoms with Crippen LogP contribution in [0.1, 0.15) is 13.8 Å². The fraction of sp³-hybridized carbons (Fsp3) is 0.500. The SMILES string of the molecule is CCNC(C)COc1ccccc1OC. The van der Waals surface area contributed by atoms with E-state index in [1.807, 2.05) is 24.3 Å². The number of rotatable bonds is 6. The van der Waals surface area contributed by atoms with E-state index in [1.165, 1.54) is 0 Å². The molecule has 0 saturated carbocycles. The summed E-state index contributed by atoms with van der Waals surface area (Å²) in [5.74, 6) is 1.57. The van der Waals surface area contributed by atoms with Gasteiger partial charge in [0, 0.05) is 6.04 Å². The Labute approximate surface area is 91.4 Å². The highest BCUT2D eigenvalue weighted by Gasteiger charge is 2.05. The van der Waals surface area contributed by atoms with E-state index in [0.29, 0.717) is 12.6 Å². The smallest absolute Gasteiger partial charge is 0.161 e. The van der Waals surface area contributed by atoms with E-state index in [0.717, 1.165) is 18.0 Å². The van der Waals surface area contributed by atoms with Gasteiger partial charge in [-0.15, -0.1) is 0 Å². The lowest BCUT2D eigenvalue weighted by Crippen LogP contribution is -2.31. The summed E-state index contributed by atoms with van der Waals surface area (Å²) in [6.07, 6.45) is 0. The molecule has 0 fully saturated rings. The van der Waals surface area contributed by atoms with Crippen LogP contribution in [0.5, 0.6) is 11.5 Å². The summed E-state index contributed by atoms with van der Waals surface area (Å²) in [4.78, 5) is 0. The minimum atomic E-state index is 0.347. The summed E-state index contributed by atoms with van der Waals surface area (Å²) >= 11 is 0. The number of hydrogen-bond acceptors (Lipinski definition) is 3. The van der Waals surface area contributed by atoms with Gasteiger partial charge in [-0.3, -0.25) is 0 Å². The maximum Gasteiger partial charge on any atom is 0.161 e. The highest BCUT2D eigenvalue weighted by atomic mass is 16.5. The lowest BCUT2D eigenvalue weighted by atomic mass is 10.3. The number of ether oxygens (including phenoxy) is 2. The minimum absolute atomic E-state index is 0.347. The maximum absolute atomic E-state index is 5.65. The topological polar surface area (TPSA) is 30.5 Å². The first-order chi connectivity index (χ1) is 7.27. The molecule has 0 spiro atoms. The second-order valence-electron chi connectivity index (χ2n) is 3.42. The van der Waals surface area contributed by atoms with Crippen LogP contribution in [0.3, 0.4) is 0 Å². The first-order valence-electron chi connectivity index (χ1n) is 5.27. The van der Waals surface area contributed by atoms with Crippen molar-refractivity contribution in [3.63, 3.8) is 0 Å². The van der Waals surface area contributed by atoms with Gasteiger partial charge in [0.2, 0.25) is 0 Å².